The van der Waals surface area contributed by atoms with Gasteiger partial charge in [0.2, 0.25) is 0 Å². The maximum absolute atomic E-state index is 6.08. The third-order valence-corrected chi connectivity index (χ3v) is 5.43. The van der Waals surface area contributed by atoms with Crippen molar-refractivity contribution in [3.8, 4) is 36.2 Å². The highest BCUT2D eigenvalue weighted by Crippen LogP contribution is 2.30. The zero-order valence-electron chi connectivity index (χ0n) is 18.4. The highest BCUT2D eigenvalue weighted by molar-refractivity contribution is 5.57. The molecule has 0 saturated carbocycles. The molecular weight excluding hydrogens is 344 g/mol. The first kappa shape index (κ1) is 24.0. The molecule has 0 N–H and O–H groups in total. The van der Waals surface area contributed by atoms with E-state index in [4.69, 9.17) is 22.3 Å². The summed E-state index contributed by atoms with van der Waals surface area (Å²) < 4.78 is 12.2. The van der Waals surface area contributed by atoms with Crippen LogP contribution in [0, 0.1) is 36.5 Å². The molecule has 2 atom stereocenters. The van der Waals surface area contributed by atoms with Gasteiger partial charge >= 0.3 is 0 Å². The standard InChI is InChI=1S/C26H38O2/c1-7-13-15-21(9-3)19-27-25-17-24(12-6)26(18-23(25)11-5)28-20-22(10-4)16-14-8-2/h5-6,17-18,21-22H,7-10,13-16,19-20H2,1-4H3. The molecule has 2 unspecified atom stereocenters. The molecular formula is C26H38O2. The van der Waals surface area contributed by atoms with E-state index >= 15 is 0 Å². The minimum atomic E-state index is 0.541. The van der Waals surface area contributed by atoms with E-state index in [-0.39, 0.29) is 0 Å². The second-order valence-corrected chi connectivity index (χ2v) is 7.59. The predicted molar refractivity (Wildman–Crippen MR) is 120 cm³/mol. The van der Waals surface area contributed by atoms with Crippen LogP contribution in [-0.4, -0.2) is 13.2 Å². The van der Waals surface area contributed by atoms with Crippen LogP contribution in [0.4, 0.5) is 0 Å². The Morgan fingerprint density at radius 2 is 1.14 bits per heavy atom. The summed E-state index contributed by atoms with van der Waals surface area (Å²) in [4.78, 5) is 0. The third kappa shape index (κ3) is 7.90. The van der Waals surface area contributed by atoms with E-state index in [9.17, 15) is 0 Å². The molecule has 0 amide bonds. The molecule has 1 rings (SSSR count). The van der Waals surface area contributed by atoms with Gasteiger partial charge in [-0.15, -0.1) is 12.8 Å². The van der Waals surface area contributed by atoms with E-state index in [1.165, 1.54) is 38.5 Å². The summed E-state index contributed by atoms with van der Waals surface area (Å²) in [5.74, 6) is 7.93. The fourth-order valence-corrected chi connectivity index (χ4v) is 3.24. The number of unbranched alkanes of at least 4 members (excludes halogenated alkanes) is 2. The Morgan fingerprint density at radius 3 is 1.43 bits per heavy atom. The Hall–Kier alpha value is -2.06. The van der Waals surface area contributed by atoms with Crippen LogP contribution < -0.4 is 9.47 Å². The molecule has 0 radical (unpaired) electrons. The topological polar surface area (TPSA) is 18.5 Å². The summed E-state index contributed by atoms with van der Waals surface area (Å²) in [6.07, 6.45) is 20.9. The largest absolute Gasteiger partial charge is 0.492 e. The van der Waals surface area contributed by atoms with Gasteiger partial charge < -0.3 is 9.47 Å². The lowest BCUT2D eigenvalue weighted by atomic mass is 10.0. The van der Waals surface area contributed by atoms with Crippen LogP contribution in [0.2, 0.25) is 0 Å². The van der Waals surface area contributed by atoms with Gasteiger partial charge in [-0.2, -0.15) is 0 Å². The summed E-state index contributed by atoms with van der Waals surface area (Å²) >= 11 is 0. The fourth-order valence-electron chi connectivity index (χ4n) is 3.24. The van der Waals surface area contributed by atoms with Gasteiger partial charge in [0.15, 0.2) is 0 Å². The Labute approximate surface area is 173 Å². The third-order valence-electron chi connectivity index (χ3n) is 5.43. The van der Waals surface area contributed by atoms with E-state index in [1.807, 2.05) is 12.1 Å². The normalized spacial score (nSPS) is 12.6. The molecule has 0 fully saturated rings. The first-order valence-electron chi connectivity index (χ1n) is 11.0. The Morgan fingerprint density at radius 1 is 0.750 bits per heavy atom. The maximum Gasteiger partial charge on any atom is 0.136 e. The van der Waals surface area contributed by atoms with Crippen LogP contribution in [0.1, 0.15) is 90.2 Å². The first-order valence-corrected chi connectivity index (χ1v) is 11.0. The predicted octanol–water partition coefficient (Wildman–Crippen LogP) is 6.84. The van der Waals surface area contributed by atoms with E-state index in [0.717, 1.165) is 12.8 Å². The van der Waals surface area contributed by atoms with Crippen molar-refractivity contribution in [1.29, 1.82) is 0 Å². The van der Waals surface area contributed by atoms with Gasteiger partial charge in [-0.05, 0) is 24.7 Å². The lowest BCUT2D eigenvalue weighted by Crippen LogP contribution is -2.13. The smallest absolute Gasteiger partial charge is 0.136 e. The lowest BCUT2D eigenvalue weighted by Gasteiger charge is -2.19. The summed E-state index contributed by atoms with van der Waals surface area (Å²) in [5.41, 5.74) is 1.42. The van der Waals surface area contributed by atoms with Crippen molar-refractivity contribution in [2.75, 3.05) is 13.2 Å². The molecule has 0 saturated heterocycles. The molecule has 0 spiro atoms. The van der Waals surface area contributed by atoms with E-state index in [1.54, 1.807) is 0 Å². The van der Waals surface area contributed by atoms with Crippen molar-refractivity contribution >= 4 is 0 Å². The van der Waals surface area contributed by atoms with Gasteiger partial charge in [-0.25, -0.2) is 0 Å². The quantitative estimate of drug-likeness (QED) is 0.328. The van der Waals surface area contributed by atoms with Crippen LogP contribution in [0.25, 0.3) is 0 Å². The lowest BCUT2D eigenvalue weighted by molar-refractivity contribution is 0.227. The number of hydrogen-bond donors (Lipinski definition) is 0. The van der Waals surface area contributed by atoms with Crippen LogP contribution in [0.15, 0.2) is 12.1 Å². The molecule has 0 aliphatic rings. The van der Waals surface area contributed by atoms with Gasteiger partial charge in [-0.1, -0.05) is 78.1 Å². The average Bonchev–Trinajstić information content (AvgIpc) is 2.73. The van der Waals surface area contributed by atoms with Crippen LogP contribution in [-0.2, 0) is 0 Å². The minimum Gasteiger partial charge on any atom is -0.492 e. The number of benzene rings is 1. The molecule has 1 aromatic carbocycles. The average molecular weight is 383 g/mol. The van der Waals surface area contributed by atoms with Gasteiger partial charge in [0.05, 0.1) is 24.3 Å². The van der Waals surface area contributed by atoms with Gasteiger partial charge in [0.25, 0.3) is 0 Å². The van der Waals surface area contributed by atoms with Gasteiger partial charge in [0, 0.05) is 12.1 Å². The Kier molecular flexibility index (Phi) is 12.0. The number of terminal acetylenes is 2. The summed E-state index contributed by atoms with van der Waals surface area (Å²) in [5, 5.41) is 0. The van der Waals surface area contributed by atoms with Crippen molar-refractivity contribution in [1.82, 2.24) is 0 Å². The van der Waals surface area contributed by atoms with E-state index in [0.29, 0.717) is 47.7 Å². The zero-order valence-corrected chi connectivity index (χ0v) is 18.4. The fraction of sp³-hybridized carbons (Fsp3) is 0.615. The van der Waals surface area contributed by atoms with E-state index < -0.39 is 0 Å². The van der Waals surface area contributed by atoms with Crippen molar-refractivity contribution in [2.45, 2.75) is 79.1 Å². The maximum atomic E-state index is 6.08. The van der Waals surface area contributed by atoms with Crippen molar-refractivity contribution < 1.29 is 9.47 Å². The number of ether oxygens (including phenoxy) is 2. The van der Waals surface area contributed by atoms with Gasteiger partial charge in [0.1, 0.15) is 11.5 Å². The summed E-state index contributed by atoms with van der Waals surface area (Å²) in [6, 6.07) is 3.73. The Bertz CT molecular complexity index is 590. The van der Waals surface area contributed by atoms with Gasteiger partial charge in [-0.3, -0.25) is 0 Å². The molecule has 0 heterocycles. The molecule has 0 aliphatic heterocycles. The van der Waals surface area contributed by atoms with Crippen molar-refractivity contribution in [3.63, 3.8) is 0 Å². The molecule has 2 heteroatoms. The Balaban J connectivity index is 2.87. The molecule has 0 bridgehead atoms. The molecule has 0 aromatic heterocycles. The molecule has 28 heavy (non-hydrogen) atoms. The number of rotatable bonds is 14. The SMILES string of the molecule is C#Cc1cc(OCC(CC)CCCC)c(C#C)cc1OCC(CC)CCCC. The highest BCUT2D eigenvalue weighted by atomic mass is 16.5. The summed E-state index contributed by atoms with van der Waals surface area (Å²) in [6.45, 7) is 10.2. The van der Waals surface area contributed by atoms with E-state index in [2.05, 4.69) is 39.5 Å². The van der Waals surface area contributed by atoms with Crippen molar-refractivity contribution in [3.05, 3.63) is 23.3 Å². The second kappa shape index (κ2) is 14.0. The van der Waals surface area contributed by atoms with Crippen LogP contribution in [0.3, 0.4) is 0 Å². The summed E-state index contributed by atoms with van der Waals surface area (Å²) in [7, 11) is 0. The zero-order chi connectivity index (χ0) is 20.8. The van der Waals surface area contributed by atoms with Crippen LogP contribution in [0.5, 0.6) is 11.5 Å². The second-order valence-electron chi connectivity index (χ2n) is 7.59. The first-order chi connectivity index (χ1) is 13.6. The number of hydrogen-bond acceptors (Lipinski definition) is 2. The monoisotopic (exact) mass is 382 g/mol. The highest BCUT2D eigenvalue weighted by Gasteiger charge is 2.14. The van der Waals surface area contributed by atoms with Crippen molar-refractivity contribution in [2.24, 2.45) is 11.8 Å². The minimum absolute atomic E-state index is 0.541. The molecule has 154 valence electrons. The molecule has 2 nitrogen and oxygen atoms in total. The molecule has 1 aromatic rings. The molecule has 0 aliphatic carbocycles. The van der Waals surface area contributed by atoms with Crippen LogP contribution >= 0.6 is 0 Å².